The van der Waals surface area contributed by atoms with E-state index in [9.17, 15) is 9.59 Å². The van der Waals surface area contributed by atoms with Crippen LogP contribution in [-0.4, -0.2) is 18.8 Å². The largest absolute Gasteiger partial charge is 0.497 e. The second kappa shape index (κ2) is 5.33. The third-order valence-corrected chi connectivity index (χ3v) is 3.96. The lowest BCUT2D eigenvalue weighted by atomic mass is 10.1. The summed E-state index contributed by atoms with van der Waals surface area (Å²) in [5.41, 5.74) is 1.99. The molecule has 0 aromatic heterocycles. The number of hydrogen-bond acceptors (Lipinski definition) is 3. The van der Waals surface area contributed by atoms with Crippen molar-refractivity contribution in [1.29, 1.82) is 0 Å². The van der Waals surface area contributed by atoms with Gasteiger partial charge < -0.3 is 9.64 Å². The molecule has 106 valence electrons. The molecule has 0 aliphatic carbocycles. The van der Waals surface area contributed by atoms with E-state index in [4.69, 9.17) is 4.74 Å². The van der Waals surface area contributed by atoms with Gasteiger partial charge in [-0.05, 0) is 35.9 Å². The highest BCUT2D eigenvalue weighted by Crippen LogP contribution is 2.33. The number of amides is 1. The molecule has 0 spiro atoms. The molecule has 1 aliphatic rings. The third kappa shape index (κ3) is 2.45. The molecule has 2 aromatic rings. The molecule has 2 aromatic carbocycles. The number of halogens is 1. The Morgan fingerprint density at radius 1 is 1.10 bits per heavy atom. The number of carbonyl (C=O) groups is 2. The third-order valence-electron chi connectivity index (χ3n) is 3.43. The first-order valence-electron chi connectivity index (χ1n) is 6.39. The average Bonchev–Trinajstić information content (AvgIpc) is 2.74. The van der Waals surface area contributed by atoms with Crippen LogP contribution in [0.3, 0.4) is 0 Å². The van der Waals surface area contributed by atoms with Crippen LogP contribution in [0.2, 0.25) is 0 Å². The van der Waals surface area contributed by atoms with E-state index in [1.807, 2.05) is 24.3 Å². The van der Waals surface area contributed by atoms with Crippen molar-refractivity contribution in [3.63, 3.8) is 0 Å². The second-order valence-electron chi connectivity index (χ2n) is 4.73. The molecule has 3 rings (SSSR count). The summed E-state index contributed by atoms with van der Waals surface area (Å²) in [5, 5.41) is 0. The minimum absolute atomic E-state index is 0.372. The van der Waals surface area contributed by atoms with Crippen LogP contribution >= 0.6 is 15.9 Å². The summed E-state index contributed by atoms with van der Waals surface area (Å²) in [6.07, 6.45) is 0. The van der Waals surface area contributed by atoms with Crippen molar-refractivity contribution >= 4 is 33.3 Å². The molecule has 4 nitrogen and oxygen atoms in total. The Labute approximate surface area is 130 Å². The molecule has 0 atom stereocenters. The van der Waals surface area contributed by atoms with E-state index in [0.717, 1.165) is 10.0 Å². The summed E-state index contributed by atoms with van der Waals surface area (Å²) in [6.45, 7) is 0.372. The Hall–Kier alpha value is -2.14. The molecule has 0 fully saturated rings. The highest BCUT2D eigenvalue weighted by molar-refractivity contribution is 9.10. The van der Waals surface area contributed by atoms with Gasteiger partial charge in [0.1, 0.15) is 5.75 Å². The number of anilines is 1. The molecule has 0 N–H and O–H groups in total. The fourth-order valence-electron chi connectivity index (χ4n) is 2.34. The van der Waals surface area contributed by atoms with Crippen LogP contribution < -0.4 is 9.64 Å². The molecule has 1 heterocycles. The molecule has 0 unspecified atom stereocenters. The van der Waals surface area contributed by atoms with Gasteiger partial charge in [0.05, 0.1) is 24.9 Å². The molecule has 21 heavy (non-hydrogen) atoms. The van der Waals surface area contributed by atoms with Gasteiger partial charge in [-0.2, -0.15) is 0 Å². The first-order valence-corrected chi connectivity index (χ1v) is 7.18. The van der Waals surface area contributed by atoms with Crippen molar-refractivity contribution in [3.8, 4) is 5.75 Å². The minimum Gasteiger partial charge on any atom is -0.497 e. The topological polar surface area (TPSA) is 46.6 Å². The Morgan fingerprint density at radius 2 is 1.81 bits per heavy atom. The smallest absolute Gasteiger partial charge is 0.299 e. The molecule has 1 amide bonds. The lowest BCUT2D eigenvalue weighted by Gasteiger charge is -2.16. The maximum atomic E-state index is 12.2. The van der Waals surface area contributed by atoms with E-state index in [-0.39, 0.29) is 0 Å². The number of rotatable bonds is 3. The average molecular weight is 346 g/mol. The first kappa shape index (κ1) is 13.8. The Balaban J connectivity index is 1.96. The standard InChI is InChI=1S/C16H12BrNO3/c1-21-12-6-7-14-13(8-12)15(19)16(20)18(14)9-10-2-4-11(17)5-3-10/h2-8H,9H2,1H3. The first-order chi connectivity index (χ1) is 10.1. The van der Waals surface area contributed by atoms with Crippen LogP contribution in [0.1, 0.15) is 15.9 Å². The quantitative estimate of drug-likeness (QED) is 0.802. The van der Waals surface area contributed by atoms with E-state index >= 15 is 0 Å². The number of fused-ring (bicyclic) bond motifs is 1. The van der Waals surface area contributed by atoms with Gasteiger partial charge >= 0.3 is 0 Å². The van der Waals surface area contributed by atoms with Gasteiger partial charge in [0.2, 0.25) is 0 Å². The predicted octanol–water partition coefficient (Wildman–Crippen LogP) is 3.19. The minimum atomic E-state index is -0.499. The summed E-state index contributed by atoms with van der Waals surface area (Å²) < 4.78 is 6.07. The van der Waals surface area contributed by atoms with Gasteiger partial charge in [0.25, 0.3) is 11.7 Å². The zero-order valence-electron chi connectivity index (χ0n) is 11.3. The Kier molecular flexibility index (Phi) is 3.51. The summed E-state index contributed by atoms with van der Waals surface area (Å²) in [4.78, 5) is 25.7. The van der Waals surface area contributed by atoms with Crippen molar-refractivity contribution in [2.75, 3.05) is 12.0 Å². The van der Waals surface area contributed by atoms with Gasteiger partial charge in [-0.1, -0.05) is 28.1 Å². The highest BCUT2D eigenvalue weighted by Gasteiger charge is 2.35. The number of ether oxygens (including phenoxy) is 1. The molecule has 0 radical (unpaired) electrons. The molecular weight excluding hydrogens is 334 g/mol. The van der Waals surface area contributed by atoms with Crippen LogP contribution in [0, 0.1) is 0 Å². The summed E-state index contributed by atoms with van der Waals surface area (Å²) >= 11 is 3.37. The molecular formula is C16H12BrNO3. The molecule has 0 saturated carbocycles. The van der Waals surface area contributed by atoms with E-state index in [1.54, 1.807) is 18.2 Å². The highest BCUT2D eigenvalue weighted by atomic mass is 79.9. The summed E-state index contributed by atoms with van der Waals surface area (Å²) in [7, 11) is 1.53. The van der Waals surface area contributed by atoms with Gasteiger partial charge in [-0.15, -0.1) is 0 Å². The zero-order valence-corrected chi connectivity index (χ0v) is 12.9. The van der Waals surface area contributed by atoms with Crippen molar-refractivity contribution in [2.24, 2.45) is 0 Å². The fourth-order valence-corrected chi connectivity index (χ4v) is 2.60. The van der Waals surface area contributed by atoms with Crippen molar-refractivity contribution in [3.05, 3.63) is 58.1 Å². The predicted molar refractivity (Wildman–Crippen MR) is 82.7 cm³/mol. The monoisotopic (exact) mass is 345 g/mol. The van der Waals surface area contributed by atoms with Crippen molar-refractivity contribution in [1.82, 2.24) is 0 Å². The number of Topliss-reactive ketones (excluding diaryl/α,β-unsaturated/α-hetero) is 1. The normalized spacial score (nSPS) is 13.5. The van der Waals surface area contributed by atoms with Gasteiger partial charge in [-0.3, -0.25) is 9.59 Å². The zero-order chi connectivity index (χ0) is 15.0. The van der Waals surface area contributed by atoms with Crippen molar-refractivity contribution < 1.29 is 14.3 Å². The number of ketones is 1. The number of hydrogen-bond donors (Lipinski definition) is 0. The van der Waals surface area contributed by atoms with Crippen LogP contribution in [0.5, 0.6) is 5.75 Å². The van der Waals surface area contributed by atoms with Gasteiger partial charge in [0.15, 0.2) is 0 Å². The van der Waals surface area contributed by atoms with Gasteiger partial charge in [-0.25, -0.2) is 0 Å². The summed E-state index contributed by atoms with van der Waals surface area (Å²) in [5.74, 6) is -0.414. The number of nitrogens with zero attached hydrogens (tertiary/aromatic N) is 1. The van der Waals surface area contributed by atoms with E-state index in [0.29, 0.717) is 23.5 Å². The number of benzene rings is 2. The maximum Gasteiger partial charge on any atom is 0.299 e. The van der Waals surface area contributed by atoms with Crippen LogP contribution in [0.4, 0.5) is 5.69 Å². The fraction of sp³-hybridized carbons (Fsp3) is 0.125. The molecule has 1 aliphatic heterocycles. The summed E-state index contributed by atoms with van der Waals surface area (Å²) in [6, 6.07) is 12.8. The van der Waals surface area contributed by atoms with E-state index in [2.05, 4.69) is 15.9 Å². The molecule has 0 bridgehead atoms. The lowest BCUT2D eigenvalue weighted by molar-refractivity contribution is -0.114. The maximum absolute atomic E-state index is 12.2. The lowest BCUT2D eigenvalue weighted by Crippen LogP contribution is -2.29. The molecule has 5 heteroatoms. The number of methoxy groups -OCH3 is 1. The Bertz CT molecular complexity index is 725. The SMILES string of the molecule is COc1ccc2c(c1)C(=O)C(=O)N2Cc1ccc(Br)cc1. The second-order valence-corrected chi connectivity index (χ2v) is 5.65. The number of carbonyl (C=O) groups excluding carboxylic acids is 2. The van der Waals surface area contributed by atoms with Crippen LogP contribution in [0.15, 0.2) is 46.9 Å². The van der Waals surface area contributed by atoms with Crippen LogP contribution in [0.25, 0.3) is 0 Å². The van der Waals surface area contributed by atoms with Crippen molar-refractivity contribution in [2.45, 2.75) is 6.54 Å². The van der Waals surface area contributed by atoms with E-state index in [1.165, 1.54) is 12.0 Å². The van der Waals surface area contributed by atoms with Gasteiger partial charge in [0, 0.05) is 4.47 Å². The van der Waals surface area contributed by atoms with E-state index < -0.39 is 11.7 Å². The molecule has 0 saturated heterocycles. The van der Waals surface area contributed by atoms with Crippen LogP contribution in [-0.2, 0) is 11.3 Å². The Morgan fingerprint density at radius 3 is 2.48 bits per heavy atom.